The van der Waals surface area contributed by atoms with Crippen molar-refractivity contribution in [3.05, 3.63) is 64.6 Å². The van der Waals surface area contributed by atoms with Gasteiger partial charge in [-0.2, -0.15) is 0 Å². The van der Waals surface area contributed by atoms with Crippen molar-refractivity contribution in [3.8, 4) is 23.0 Å². The van der Waals surface area contributed by atoms with Crippen molar-refractivity contribution in [2.75, 3.05) is 26.3 Å². The fourth-order valence-corrected chi connectivity index (χ4v) is 3.36. The number of rotatable bonds is 7. The average Bonchev–Trinajstić information content (AvgIpc) is 3.49. The summed E-state index contributed by atoms with van der Waals surface area (Å²) in [5.74, 6) is 0.371. The van der Waals surface area contributed by atoms with Crippen LogP contribution in [0.25, 0.3) is 0 Å². The zero-order valence-electron chi connectivity index (χ0n) is 17.1. The zero-order chi connectivity index (χ0) is 22.7. The number of carbonyl (C=O) groups is 2. The van der Waals surface area contributed by atoms with E-state index in [1.54, 1.807) is 18.2 Å². The molecule has 3 aromatic rings. The van der Waals surface area contributed by atoms with Gasteiger partial charge in [-0.1, -0.05) is 11.6 Å². The van der Waals surface area contributed by atoms with E-state index in [4.69, 9.17) is 39.7 Å². The van der Waals surface area contributed by atoms with Crippen molar-refractivity contribution >= 4 is 29.2 Å². The highest BCUT2D eigenvalue weighted by Crippen LogP contribution is 2.40. The SMILES string of the molecule is COc1cc(NC(=O)c2ccco2)c(C(=O)OCc2cc(Cl)c3c(c2)OCO3)cc1OC. The second kappa shape index (κ2) is 9.11. The van der Waals surface area contributed by atoms with E-state index in [0.29, 0.717) is 33.6 Å². The van der Waals surface area contributed by atoms with Gasteiger partial charge < -0.3 is 33.4 Å². The lowest BCUT2D eigenvalue weighted by Crippen LogP contribution is -2.16. The maximum absolute atomic E-state index is 12.9. The van der Waals surface area contributed by atoms with Crippen molar-refractivity contribution < 1.29 is 37.7 Å². The van der Waals surface area contributed by atoms with E-state index < -0.39 is 11.9 Å². The van der Waals surface area contributed by atoms with Gasteiger partial charge in [0.15, 0.2) is 28.8 Å². The molecule has 2 aromatic carbocycles. The van der Waals surface area contributed by atoms with Crippen LogP contribution >= 0.6 is 11.6 Å². The van der Waals surface area contributed by atoms with E-state index >= 15 is 0 Å². The highest BCUT2D eigenvalue weighted by Gasteiger charge is 2.22. The normalized spacial score (nSPS) is 11.7. The quantitative estimate of drug-likeness (QED) is 0.522. The van der Waals surface area contributed by atoms with Crippen molar-refractivity contribution in [1.82, 2.24) is 0 Å². The highest BCUT2D eigenvalue weighted by molar-refractivity contribution is 6.32. The molecule has 1 N–H and O–H groups in total. The maximum Gasteiger partial charge on any atom is 0.340 e. The lowest BCUT2D eigenvalue weighted by Gasteiger charge is -2.15. The Labute approximate surface area is 187 Å². The number of carbonyl (C=O) groups excluding carboxylic acids is 2. The first-order valence-corrected chi connectivity index (χ1v) is 9.74. The molecule has 0 fully saturated rings. The molecule has 4 rings (SSSR count). The molecule has 0 atom stereocenters. The van der Waals surface area contributed by atoms with Gasteiger partial charge in [0.05, 0.1) is 36.8 Å². The van der Waals surface area contributed by atoms with Gasteiger partial charge in [0, 0.05) is 12.1 Å². The number of hydrogen-bond donors (Lipinski definition) is 1. The van der Waals surface area contributed by atoms with Gasteiger partial charge in [0.2, 0.25) is 6.79 Å². The van der Waals surface area contributed by atoms with E-state index in [1.165, 1.54) is 38.7 Å². The number of methoxy groups -OCH3 is 2. The summed E-state index contributed by atoms with van der Waals surface area (Å²) in [6, 6.07) is 9.26. The molecule has 32 heavy (non-hydrogen) atoms. The molecule has 9 nitrogen and oxygen atoms in total. The van der Waals surface area contributed by atoms with Gasteiger partial charge in [-0.05, 0) is 29.8 Å². The van der Waals surface area contributed by atoms with Crippen LogP contribution in [-0.4, -0.2) is 32.9 Å². The van der Waals surface area contributed by atoms with Crippen LogP contribution in [0.1, 0.15) is 26.5 Å². The Hall–Kier alpha value is -3.85. The summed E-state index contributed by atoms with van der Waals surface area (Å²) in [7, 11) is 2.88. The molecule has 0 radical (unpaired) electrons. The molecule has 0 unspecified atom stereocenters. The van der Waals surface area contributed by atoms with E-state index in [-0.39, 0.29) is 30.4 Å². The van der Waals surface area contributed by atoms with Gasteiger partial charge in [-0.25, -0.2) is 4.79 Å². The molecule has 10 heteroatoms. The number of benzene rings is 2. The second-order valence-electron chi connectivity index (χ2n) is 6.57. The minimum Gasteiger partial charge on any atom is -0.493 e. The number of hydrogen-bond acceptors (Lipinski definition) is 8. The second-order valence-corrected chi connectivity index (χ2v) is 6.98. The smallest absolute Gasteiger partial charge is 0.340 e. The number of nitrogens with one attached hydrogen (secondary N) is 1. The number of fused-ring (bicyclic) bond motifs is 1. The number of amides is 1. The number of ether oxygens (including phenoxy) is 5. The topological polar surface area (TPSA) is 105 Å². The van der Waals surface area contributed by atoms with Gasteiger partial charge in [-0.3, -0.25) is 4.79 Å². The van der Waals surface area contributed by atoms with Gasteiger partial charge >= 0.3 is 5.97 Å². The number of halogens is 1. The lowest BCUT2D eigenvalue weighted by molar-refractivity contribution is 0.0473. The number of anilines is 1. The summed E-state index contributed by atoms with van der Waals surface area (Å²) in [6.45, 7) is -0.0161. The predicted molar refractivity (Wildman–Crippen MR) is 113 cm³/mol. The van der Waals surface area contributed by atoms with Crippen LogP contribution in [0, 0.1) is 0 Å². The maximum atomic E-state index is 12.9. The van der Waals surface area contributed by atoms with Crippen molar-refractivity contribution in [3.63, 3.8) is 0 Å². The Morgan fingerprint density at radius 2 is 1.88 bits per heavy atom. The highest BCUT2D eigenvalue weighted by atomic mass is 35.5. The zero-order valence-corrected chi connectivity index (χ0v) is 17.9. The predicted octanol–water partition coefficient (Wildman–Crippen LogP) is 4.29. The third-order valence-corrected chi connectivity index (χ3v) is 4.87. The van der Waals surface area contributed by atoms with Gasteiger partial charge in [0.1, 0.15) is 6.61 Å². The molecule has 1 aliphatic rings. The van der Waals surface area contributed by atoms with E-state index in [9.17, 15) is 9.59 Å². The molecule has 0 saturated heterocycles. The van der Waals surface area contributed by atoms with Crippen LogP contribution in [0.15, 0.2) is 47.1 Å². The van der Waals surface area contributed by atoms with Gasteiger partial charge in [0.25, 0.3) is 5.91 Å². The minimum absolute atomic E-state index is 0.0643. The lowest BCUT2D eigenvalue weighted by atomic mass is 10.1. The van der Waals surface area contributed by atoms with E-state index in [2.05, 4.69) is 5.32 Å². The first-order valence-electron chi connectivity index (χ1n) is 9.36. The van der Waals surface area contributed by atoms with Crippen LogP contribution < -0.4 is 24.3 Å². The fourth-order valence-electron chi connectivity index (χ4n) is 3.07. The monoisotopic (exact) mass is 459 g/mol. The van der Waals surface area contributed by atoms with Crippen molar-refractivity contribution in [2.45, 2.75) is 6.61 Å². The Balaban J connectivity index is 1.58. The van der Waals surface area contributed by atoms with E-state index in [1.807, 2.05) is 0 Å². The van der Waals surface area contributed by atoms with E-state index in [0.717, 1.165) is 0 Å². The summed E-state index contributed by atoms with van der Waals surface area (Å²) in [4.78, 5) is 25.4. The first-order chi connectivity index (χ1) is 15.5. The molecular formula is C22H18ClNO8. The van der Waals surface area contributed by atoms with Crippen LogP contribution in [0.3, 0.4) is 0 Å². The van der Waals surface area contributed by atoms with Crippen LogP contribution in [0.4, 0.5) is 5.69 Å². The van der Waals surface area contributed by atoms with Crippen molar-refractivity contribution in [2.24, 2.45) is 0 Å². The Kier molecular flexibility index (Phi) is 6.09. The minimum atomic E-state index is -0.700. The summed E-state index contributed by atoms with van der Waals surface area (Å²) in [5.41, 5.74) is 0.835. The fraction of sp³-hybridized carbons (Fsp3) is 0.182. The molecule has 166 valence electrons. The molecule has 0 aliphatic carbocycles. The third kappa shape index (κ3) is 4.28. The van der Waals surface area contributed by atoms with Gasteiger partial charge in [-0.15, -0.1) is 0 Å². The largest absolute Gasteiger partial charge is 0.493 e. The Morgan fingerprint density at radius 1 is 1.09 bits per heavy atom. The molecule has 1 amide bonds. The number of esters is 1. The Morgan fingerprint density at radius 3 is 2.59 bits per heavy atom. The Bertz CT molecular complexity index is 1160. The summed E-state index contributed by atoms with van der Waals surface area (Å²) in [5, 5.41) is 2.98. The molecule has 0 spiro atoms. The molecule has 0 bridgehead atoms. The molecule has 1 aliphatic heterocycles. The van der Waals surface area contributed by atoms with Crippen LogP contribution in [0.2, 0.25) is 5.02 Å². The summed E-state index contributed by atoms with van der Waals surface area (Å²) >= 11 is 6.18. The number of furan rings is 1. The van der Waals surface area contributed by atoms with Crippen LogP contribution in [0.5, 0.6) is 23.0 Å². The van der Waals surface area contributed by atoms with Crippen LogP contribution in [-0.2, 0) is 11.3 Å². The summed E-state index contributed by atoms with van der Waals surface area (Å²) < 4.78 is 31.7. The first kappa shape index (κ1) is 21.4. The average molecular weight is 460 g/mol. The van der Waals surface area contributed by atoms with Crippen molar-refractivity contribution in [1.29, 1.82) is 0 Å². The molecule has 2 heterocycles. The standard InChI is InChI=1S/C22H18ClNO8/c1-27-17-8-13(15(9-18(17)28-2)24-21(25)16-4-3-5-29-16)22(26)30-10-12-6-14(23)20-19(7-12)31-11-32-20/h3-9H,10-11H2,1-2H3,(H,24,25). The third-order valence-electron chi connectivity index (χ3n) is 4.59. The molecular weight excluding hydrogens is 442 g/mol. The molecule has 0 saturated carbocycles. The molecule has 1 aromatic heterocycles. The summed E-state index contributed by atoms with van der Waals surface area (Å²) in [6.07, 6.45) is 1.37.